The monoisotopic (exact) mass is 286 g/mol. The number of amides is 3. The summed E-state index contributed by atoms with van der Waals surface area (Å²) in [5.41, 5.74) is -0.508. The Morgan fingerprint density at radius 2 is 1.90 bits per heavy atom. The van der Waals surface area contributed by atoms with Crippen molar-refractivity contribution in [1.82, 2.24) is 10.6 Å². The number of rotatable bonds is 3. The fraction of sp³-hybridized carbons (Fsp3) is 0.250. The Morgan fingerprint density at radius 1 is 1.25 bits per heavy atom. The summed E-state index contributed by atoms with van der Waals surface area (Å²) in [6.07, 6.45) is -1.32. The predicted octanol–water partition coefficient (Wildman–Crippen LogP) is 0.966. The van der Waals surface area contributed by atoms with Gasteiger partial charge in [0.15, 0.2) is 6.10 Å². The average Bonchev–Trinajstić information content (AvgIpc) is 2.37. The molecule has 0 saturated heterocycles. The van der Waals surface area contributed by atoms with E-state index in [2.05, 4.69) is 10.1 Å². The van der Waals surface area contributed by atoms with E-state index in [0.717, 1.165) is 12.1 Å². The Labute approximate surface area is 113 Å². The number of benzene rings is 1. The zero-order valence-electron chi connectivity index (χ0n) is 10.7. The average molecular weight is 286 g/mol. The Balaban J connectivity index is 2.70. The molecule has 20 heavy (non-hydrogen) atoms. The van der Waals surface area contributed by atoms with Crippen LogP contribution in [0.2, 0.25) is 0 Å². The molecule has 1 unspecified atom stereocenters. The van der Waals surface area contributed by atoms with Crippen LogP contribution in [0.5, 0.6) is 0 Å². The van der Waals surface area contributed by atoms with Crippen molar-refractivity contribution in [2.45, 2.75) is 13.0 Å². The van der Waals surface area contributed by atoms with Crippen molar-refractivity contribution in [3.8, 4) is 0 Å². The lowest BCUT2D eigenvalue weighted by atomic mass is 10.2. The van der Waals surface area contributed by atoms with Crippen LogP contribution in [0.15, 0.2) is 18.2 Å². The third-order valence-electron chi connectivity index (χ3n) is 2.27. The Morgan fingerprint density at radius 3 is 2.45 bits per heavy atom. The number of ether oxygens (including phenoxy) is 1. The van der Waals surface area contributed by atoms with Crippen molar-refractivity contribution in [1.29, 1.82) is 0 Å². The number of nitrogens with one attached hydrogen (secondary N) is 2. The van der Waals surface area contributed by atoms with Gasteiger partial charge in [-0.15, -0.1) is 0 Å². The number of imide groups is 1. The molecule has 2 N–H and O–H groups in total. The van der Waals surface area contributed by atoms with Gasteiger partial charge in [-0.05, 0) is 19.1 Å². The fourth-order valence-corrected chi connectivity index (χ4v) is 1.21. The molecule has 0 fully saturated rings. The van der Waals surface area contributed by atoms with Crippen LogP contribution >= 0.6 is 0 Å². The number of urea groups is 1. The number of halogens is 2. The summed E-state index contributed by atoms with van der Waals surface area (Å²) in [6.45, 7) is 1.21. The second kappa shape index (κ2) is 6.60. The topological polar surface area (TPSA) is 84.5 Å². The van der Waals surface area contributed by atoms with E-state index in [0.29, 0.717) is 6.07 Å². The van der Waals surface area contributed by atoms with E-state index in [-0.39, 0.29) is 0 Å². The Hall–Kier alpha value is -2.51. The molecular formula is C12H12F2N2O4. The van der Waals surface area contributed by atoms with Gasteiger partial charge >= 0.3 is 12.0 Å². The molecular weight excluding hydrogens is 274 g/mol. The highest BCUT2D eigenvalue weighted by Gasteiger charge is 2.22. The lowest BCUT2D eigenvalue weighted by molar-refractivity contribution is -0.127. The van der Waals surface area contributed by atoms with Crippen molar-refractivity contribution in [2.24, 2.45) is 0 Å². The SMILES string of the molecule is CNC(=O)NC(=O)C(C)OC(=O)c1ccc(F)cc1F. The first-order chi connectivity index (χ1) is 9.35. The molecule has 0 saturated carbocycles. The van der Waals surface area contributed by atoms with E-state index in [1.807, 2.05) is 5.32 Å². The molecule has 0 aromatic heterocycles. The Bertz CT molecular complexity index is 548. The van der Waals surface area contributed by atoms with Gasteiger partial charge in [0.05, 0.1) is 5.56 Å². The molecule has 0 spiro atoms. The van der Waals surface area contributed by atoms with Crippen molar-refractivity contribution < 1.29 is 27.9 Å². The smallest absolute Gasteiger partial charge is 0.341 e. The summed E-state index contributed by atoms with van der Waals surface area (Å²) in [5.74, 6) is -3.96. The zero-order valence-corrected chi connectivity index (χ0v) is 10.7. The first-order valence-corrected chi connectivity index (χ1v) is 5.53. The Kier molecular flexibility index (Phi) is 5.13. The minimum Gasteiger partial charge on any atom is -0.449 e. The third-order valence-corrected chi connectivity index (χ3v) is 2.27. The lowest BCUT2D eigenvalue weighted by Crippen LogP contribution is -2.43. The maximum atomic E-state index is 13.3. The van der Waals surface area contributed by atoms with Crippen molar-refractivity contribution in [2.75, 3.05) is 7.05 Å². The highest BCUT2D eigenvalue weighted by atomic mass is 19.1. The molecule has 0 heterocycles. The molecule has 0 aliphatic heterocycles. The summed E-state index contributed by atoms with van der Waals surface area (Å²) in [6, 6.07) is 1.53. The van der Waals surface area contributed by atoms with Crippen LogP contribution in [0.4, 0.5) is 13.6 Å². The zero-order chi connectivity index (χ0) is 15.3. The van der Waals surface area contributed by atoms with Gasteiger partial charge in [0.2, 0.25) is 0 Å². The molecule has 3 amide bonds. The van der Waals surface area contributed by atoms with Gasteiger partial charge in [0.25, 0.3) is 5.91 Å². The molecule has 0 radical (unpaired) electrons. The third kappa shape index (κ3) is 4.01. The summed E-state index contributed by atoms with van der Waals surface area (Å²) in [5, 5.41) is 4.03. The number of hydrogen-bond acceptors (Lipinski definition) is 4. The van der Waals surface area contributed by atoms with Gasteiger partial charge in [-0.2, -0.15) is 0 Å². The second-order valence-corrected chi connectivity index (χ2v) is 3.74. The summed E-state index contributed by atoms with van der Waals surface area (Å²) in [4.78, 5) is 33.9. The molecule has 8 heteroatoms. The largest absolute Gasteiger partial charge is 0.449 e. The molecule has 1 aromatic rings. The highest BCUT2D eigenvalue weighted by Crippen LogP contribution is 2.11. The van der Waals surface area contributed by atoms with Crippen LogP contribution in [0.3, 0.4) is 0 Å². The first kappa shape index (κ1) is 15.5. The van der Waals surface area contributed by atoms with Crippen LogP contribution < -0.4 is 10.6 Å². The molecule has 0 aliphatic rings. The van der Waals surface area contributed by atoms with Crippen LogP contribution in [0.1, 0.15) is 17.3 Å². The van der Waals surface area contributed by atoms with E-state index in [9.17, 15) is 23.2 Å². The van der Waals surface area contributed by atoms with Gasteiger partial charge in [-0.3, -0.25) is 10.1 Å². The maximum Gasteiger partial charge on any atom is 0.341 e. The molecule has 0 aliphatic carbocycles. The normalized spacial score (nSPS) is 11.4. The summed E-state index contributed by atoms with van der Waals surface area (Å²) in [7, 11) is 1.30. The molecule has 0 bridgehead atoms. The predicted molar refractivity (Wildman–Crippen MR) is 63.8 cm³/mol. The van der Waals surface area contributed by atoms with Gasteiger partial charge in [0.1, 0.15) is 11.6 Å². The standard InChI is InChI=1S/C12H12F2N2O4/c1-6(10(17)16-12(19)15-2)20-11(18)8-4-3-7(13)5-9(8)14/h3-6H,1-2H3,(H2,15,16,17,19). The quantitative estimate of drug-likeness (QED) is 0.811. The van der Waals surface area contributed by atoms with Crippen LogP contribution in [0.25, 0.3) is 0 Å². The fourth-order valence-electron chi connectivity index (χ4n) is 1.21. The van der Waals surface area contributed by atoms with Crippen molar-refractivity contribution >= 4 is 17.9 Å². The number of esters is 1. The molecule has 1 rings (SSSR count). The first-order valence-electron chi connectivity index (χ1n) is 5.53. The van der Waals surface area contributed by atoms with Crippen molar-refractivity contribution in [3.05, 3.63) is 35.4 Å². The highest BCUT2D eigenvalue weighted by molar-refractivity contribution is 5.98. The van der Waals surface area contributed by atoms with E-state index in [1.165, 1.54) is 14.0 Å². The minimum atomic E-state index is -1.32. The second-order valence-electron chi connectivity index (χ2n) is 3.74. The van der Waals surface area contributed by atoms with E-state index < -0.39 is 41.2 Å². The van der Waals surface area contributed by atoms with E-state index in [4.69, 9.17) is 0 Å². The van der Waals surface area contributed by atoms with Gasteiger partial charge < -0.3 is 10.1 Å². The molecule has 1 aromatic carbocycles. The van der Waals surface area contributed by atoms with E-state index >= 15 is 0 Å². The van der Waals surface area contributed by atoms with Gasteiger partial charge in [-0.25, -0.2) is 18.4 Å². The number of carbonyl (C=O) groups excluding carboxylic acids is 3. The number of hydrogen-bond donors (Lipinski definition) is 2. The van der Waals surface area contributed by atoms with Crippen LogP contribution in [-0.2, 0) is 9.53 Å². The van der Waals surface area contributed by atoms with Gasteiger partial charge in [-0.1, -0.05) is 0 Å². The minimum absolute atomic E-state index is 0.508. The van der Waals surface area contributed by atoms with Gasteiger partial charge in [0, 0.05) is 13.1 Å². The van der Waals surface area contributed by atoms with Crippen molar-refractivity contribution in [3.63, 3.8) is 0 Å². The summed E-state index contributed by atoms with van der Waals surface area (Å²) >= 11 is 0. The molecule has 108 valence electrons. The lowest BCUT2D eigenvalue weighted by Gasteiger charge is -2.12. The van der Waals surface area contributed by atoms with Crippen LogP contribution in [-0.4, -0.2) is 31.1 Å². The van der Waals surface area contributed by atoms with E-state index in [1.54, 1.807) is 0 Å². The molecule has 1 atom stereocenters. The van der Waals surface area contributed by atoms with Crippen LogP contribution in [0, 0.1) is 11.6 Å². The summed E-state index contributed by atoms with van der Waals surface area (Å²) < 4.78 is 30.7. The number of carbonyl (C=O) groups is 3. The molecule has 6 nitrogen and oxygen atoms in total. The maximum absolute atomic E-state index is 13.3.